The second kappa shape index (κ2) is 7.54. The van der Waals surface area contributed by atoms with Crippen LogP contribution in [0.3, 0.4) is 0 Å². The normalized spacial score (nSPS) is 16.9. The Labute approximate surface area is 155 Å². The molecule has 1 aliphatic heterocycles. The van der Waals surface area contributed by atoms with Crippen molar-refractivity contribution in [2.75, 3.05) is 25.5 Å². The van der Waals surface area contributed by atoms with Gasteiger partial charge < -0.3 is 15.4 Å². The summed E-state index contributed by atoms with van der Waals surface area (Å²) in [7, 11) is 1.56. The number of anilines is 1. The molecule has 140 valence electrons. The molecular weight excluding hydrogens is 348 g/mol. The molecule has 1 saturated heterocycles. The molecule has 2 N–H and O–H groups in total. The number of carbonyl (C=O) groups is 1. The van der Waals surface area contributed by atoms with Crippen molar-refractivity contribution in [1.29, 1.82) is 0 Å². The van der Waals surface area contributed by atoms with Crippen molar-refractivity contribution in [3.63, 3.8) is 0 Å². The summed E-state index contributed by atoms with van der Waals surface area (Å²) >= 11 is 0. The first-order valence-electron chi connectivity index (χ1n) is 8.73. The summed E-state index contributed by atoms with van der Waals surface area (Å²) in [6.45, 7) is 1.91. The van der Waals surface area contributed by atoms with Crippen molar-refractivity contribution in [2.45, 2.75) is 18.9 Å². The van der Waals surface area contributed by atoms with E-state index in [9.17, 15) is 4.79 Å². The van der Waals surface area contributed by atoms with Crippen molar-refractivity contribution >= 4 is 11.6 Å². The van der Waals surface area contributed by atoms with E-state index in [0.29, 0.717) is 22.8 Å². The Morgan fingerprint density at radius 1 is 1.37 bits per heavy atom. The first-order valence-corrected chi connectivity index (χ1v) is 8.73. The van der Waals surface area contributed by atoms with Crippen LogP contribution in [0.25, 0.3) is 5.69 Å². The summed E-state index contributed by atoms with van der Waals surface area (Å²) in [5.74, 6) is 0.319. The molecule has 3 aromatic rings. The fourth-order valence-corrected chi connectivity index (χ4v) is 3.14. The topological polar surface area (TPSA) is 112 Å². The van der Waals surface area contributed by atoms with Crippen molar-refractivity contribution in [2.24, 2.45) is 0 Å². The number of nitrogens with one attached hydrogen (secondary N) is 2. The average molecular weight is 368 g/mol. The molecule has 4 rings (SSSR count). The van der Waals surface area contributed by atoms with Gasteiger partial charge in [0.15, 0.2) is 5.69 Å². The second-order valence-corrected chi connectivity index (χ2v) is 6.28. The summed E-state index contributed by atoms with van der Waals surface area (Å²) in [4.78, 5) is 12.6. The highest BCUT2D eigenvalue weighted by atomic mass is 16.5. The zero-order chi connectivity index (χ0) is 18.6. The summed E-state index contributed by atoms with van der Waals surface area (Å²) in [6.07, 6.45) is 5.48. The standard InChI is InChI=1S/C17H20N8O2/c1-27-16-5-4-12(9-15(16)25-11-19-22-23-25)20-17(26)14-6-8-24(21-14)13-3-2-7-18-10-13/h4-6,8-9,11,13,18H,2-3,7,10H2,1H3,(H,20,26). The van der Waals surface area contributed by atoms with Gasteiger partial charge in [0.05, 0.1) is 13.2 Å². The molecule has 2 aromatic heterocycles. The lowest BCUT2D eigenvalue weighted by atomic mass is 10.1. The summed E-state index contributed by atoms with van der Waals surface area (Å²) in [6, 6.07) is 7.27. The maximum atomic E-state index is 12.6. The van der Waals surface area contributed by atoms with Crippen molar-refractivity contribution in [1.82, 2.24) is 35.3 Å². The maximum absolute atomic E-state index is 12.6. The summed E-state index contributed by atoms with van der Waals surface area (Å²) in [5, 5.41) is 21.8. The maximum Gasteiger partial charge on any atom is 0.276 e. The second-order valence-electron chi connectivity index (χ2n) is 6.28. The van der Waals surface area contributed by atoms with Gasteiger partial charge in [0.25, 0.3) is 5.91 Å². The lowest BCUT2D eigenvalue weighted by Crippen LogP contribution is -2.32. The summed E-state index contributed by atoms with van der Waals surface area (Å²) < 4.78 is 8.67. The lowest BCUT2D eigenvalue weighted by Gasteiger charge is -2.22. The van der Waals surface area contributed by atoms with Crippen LogP contribution in [0.2, 0.25) is 0 Å². The van der Waals surface area contributed by atoms with Crippen LogP contribution in [0.4, 0.5) is 5.69 Å². The van der Waals surface area contributed by atoms with Gasteiger partial charge in [-0.25, -0.2) is 0 Å². The van der Waals surface area contributed by atoms with E-state index in [2.05, 4.69) is 31.3 Å². The molecule has 1 amide bonds. The summed E-state index contributed by atoms with van der Waals surface area (Å²) in [5.41, 5.74) is 1.60. The molecule has 0 bridgehead atoms. The molecule has 0 saturated carbocycles. The van der Waals surface area contributed by atoms with Gasteiger partial charge in [-0.05, 0) is 54.1 Å². The highest BCUT2D eigenvalue weighted by Crippen LogP contribution is 2.25. The molecule has 27 heavy (non-hydrogen) atoms. The molecule has 0 spiro atoms. The number of benzene rings is 1. The average Bonchev–Trinajstić information content (AvgIpc) is 3.41. The van der Waals surface area contributed by atoms with Crippen molar-refractivity contribution in [3.8, 4) is 11.4 Å². The number of hydrogen-bond acceptors (Lipinski definition) is 7. The molecule has 1 aliphatic rings. The number of rotatable bonds is 5. The van der Waals surface area contributed by atoms with E-state index < -0.39 is 0 Å². The zero-order valence-electron chi connectivity index (χ0n) is 14.9. The minimum atomic E-state index is -0.273. The van der Waals surface area contributed by atoms with E-state index in [1.807, 2.05) is 10.9 Å². The predicted molar refractivity (Wildman–Crippen MR) is 97.0 cm³/mol. The zero-order valence-corrected chi connectivity index (χ0v) is 14.9. The van der Waals surface area contributed by atoms with Crippen molar-refractivity contribution in [3.05, 3.63) is 42.5 Å². The minimum Gasteiger partial charge on any atom is -0.494 e. The van der Waals surface area contributed by atoms with E-state index in [-0.39, 0.29) is 11.9 Å². The van der Waals surface area contributed by atoms with Gasteiger partial charge in [-0.1, -0.05) is 0 Å². The molecule has 10 nitrogen and oxygen atoms in total. The van der Waals surface area contributed by atoms with Crippen molar-refractivity contribution < 1.29 is 9.53 Å². The Kier molecular flexibility index (Phi) is 4.79. The fraction of sp³-hybridized carbons (Fsp3) is 0.353. The minimum absolute atomic E-state index is 0.273. The molecule has 0 radical (unpaired) electrons. The number of tetrazole rings is 1. The number of ether oxygens (including phenoxy) is 1. The molecule has 1 fully saturated rings. The highest BCUT2D eigenvalue weighted by Gasteiger charge is 2.18. The van der Waals surface area contributed by atoms with E-state index in [1.54, 1.807) is 31.4 Å². The van der Waals surface area contributed by atoms with Gasteiger partial charge in [0.1, 0.15) is 17.8 Å². The van der Waals surface area contributed by atoms with Crippen LogP contribution in [-0.4, -0.2) is 56.1 Å². The Bertz CT molecular complexity index is 915. The van der Waals surface area contributed by atoms with E-state index in [0.717, 1.165) is 25.9 Å². The number of aromatic nitrogens is 6. The third kappa shape index (κ3) is 3.65. The largest absolute Gasteiger partial charge is 0.494 e. The first kappa shape index (κ1) is 17.2. The molecular formula is C17H20N8O2. The fourth-order valence-electron chi connectivity index (χ4n) is 3.14. The SMILES string of the molecule is COc1ccc(NC(=O)c2ccn(C3CCCNC3)n2)cc1-n1cnnn1. The smallest absolute Gasteiger partial charge is 0.276 e. The van der Waals surface area contributed by atoms with Gasteiger partial charge in [0.2, 0.25) is 0 Å². The lowest BCUT2D eigenvalue weighted by molar-refractivity contribution is 0.102. The van der Waals surface area contributed by atoms with E-state index in [4.69, 9.17) is 4.74 Å². The Hall–Kier alpha value is -3.27. The molecule has 0 aliphatic carbocycles. The number of hydrogen-bond donors (Lipinski definition) is 2. The molecule has 1 unspecified atom stereocenters. The highest BCUT2D eigenvalue weighted by molar-refractivity contribution is 6.03. The van der Waals surface area contributed by atoms with Crippen LogP contribution in [0, 0.1) is 0 Å². The molecule has 1 atom stereocenters. The van der Waals surface area contributed by atoms with Crippen LogP contribution in [0.1, 0.15) is 29.4 Å². The molecule has 10 heteroatoms. The number of nitrogens with zero attached hydrogens (tertiary/aromatic N) is 6. The number of methoxy groups -OCH3 is 1. The van der Waals surface area contributed by atoms with Crippen LogP contribution < -0.4 is 15.4 Å². The Balaban J connectivity index is 1.51. The van der Waals surface area contributed by atoms with E-state index >= 15 is 0 Å². The van der Waals surface area contributed by atoms with Gasteiger partial charge in [-0.2, -0.15) is 9.78 Å². The molecule has 3 heterocycles. The van der Waals surface area contributed by atoms with Crippen LogP contribution in [0.5, 0.6) is 5.75 Å². The predicted octanol–water partition coefficient (Wildman–Crippen LogP) is 1.04. The van der Waals surface area contributed by atoms with Crippen LogP contribution in [-0.2, 0) is 0 Å². The van der Waals surface area contributed by atoms with Gasteiger partial charge in [-0.15, -0.1) is 5.10 Å². The number of carbonyl (C=O) groups excluding carboxylic acids is 1. The Morgan fingerprint density at radius 3 is 3.04 bits per heavy atom. The Morgan fingerprint density at radius 2 is 2.30 bits per heavy atom. The van der Waals surface area contributed by atoms with Gasteiger partial charge >= 0.3 is 0 Å². The number of piperidine rings is 1. The van der Waals surface area contributed by atoms with Gasteiger partial charge in [-0.3, -0.25) is 9.48 Å². The van der Waals surface area contributed by atoms with Gasteiger partial charge in [0, 0.05) is 18.4 Å². The quantitative estimate of drug-likeness (QED) is 0.692. The number of amides is 1. The monoisotopic (exact) mass is 368 g/mol. The van der Waals surface area contributed by atoms with Crippen LogP contribution in [0.15, 0.2) is 36.8 Å². The van der Waals surface area contributed by atoms with E-state index in [1.165, 1.54) is 11.0 Å². The first-order chi connectivity index (χ1) is 13.2. The van der Waals surface area contributed by atoms with Crippen LogP contribution >= 0.6 is 0 Å². The molecule has 1 aromatic carbocycles. The third-order valence-electron chi connectivity index (χ3n) is 4.52. The third-order valence-corrected chi connectivity index (χ3v) is 4.52.